The number of nitriles is 1. The predicted octanol–water partition coefficient (Wildman–Crippen LogP) is 2.74. The maximum absolute atomic E-state index is 12.3. The molecule has 0 fully saturated rings. The minimum Gasteiger partial charge on any atom is -0.311 e. The van der Waals surface area contributed by atoms with Crippen molar-refractivity contribution in [1.82, 2.24) is 0 Å². The van der Waals surface area contributed by atoms with Gasteiger partial charge in [-0.3, -0.25) is 14.9 Å². The number of anilines is 1. The summed E-state index contributed by atoms with van der Waals surface area (Å²) in [5.74, 6) is -0.291. The summed E-state index contributed by atoms with van der Waals surface area (Å²) in [6.07, 6.45) is 0. The molecule has 0 unspecified atom stereocenters. The zero-order valence-corrected chi connectivity index (χ0v) is 11.2. The van der Waals surface area contributed by atoms with Crippen LogP contribution >= 0.6 is 0 Å². The van der Waals surface area contributed by atoms with Crippen molar-refractivity contribution in [3.8, 4) is 6.07 Å². The van der Waals surface area contributed by atoms with Gasteiger partial charge in [-0.25, -0.2) is 0 Å². The Morgan fingerprint density at radius 3 is 2.48 bits per heavy atom. The van der Waals surface area contributed by atoms with Crippen LogP contribution in [0.2, 0.25) is 0 Å². The van der Waals surface area contributed by atoms with Crippen molar-refractivity contribution in [2.24, 2.45) is 0 Å². The molecule has 2 rings (SSSR count). The summed E-state index contributed by atoms with van der Waals surface area (Å²) in [5.41, 5.74) is 1.28. The van der Waals surface area contributed by atoms with Gasteiger partial charge in [0.2, 0.25) is 0 Å². The second-order valence-corrected chi connectivity index (χ2v) is 4.33. The standard InChI is InChI=1S/C15H11N3O3/c1-17(13-5-7-14(8-6-13)18(20)21)15(19)12-4-2-3-11(9-12)10-16/h2-9H,1H3. The lowest BCUT2D eigenvalue weighted by atomic mass is 10.1. The molecule has 0 aliphatic carbocycles. The molecule has 0 N–H and O–H groups in total. The maximum atomic E-state index is 12.3. The number of hydrogen-bond acceptors (Lipinski definition) is 4. The second-order valence-electron chi connectivity index (χ2n) is 4.33. The van der Waals surface area contributed by atoms with E-state index >= 15 is 0 Å². The van der Waals surface area contributed by atoms with Gasteiger partial charge < -0.3 is 4.90 Å². The molecule has 0 bridgehead atoms. The van der Waals surface area contributed by atoms with Gasteiger partial charge >= 0.3 is 0 Å². The summed E-state index contributed by atoms with van der Waals surface area (Å²) in [7, 11) is 1.57. The minimum atomic E-state index is -0.498. The molecule has 0 heterocycles. The molecule has 0 saturated carbocycles. The van der Waals surface area contributed by atoms with Crippen molar-refractivity contribution < 1.29 is 9.72 Å². The van der Waals surface area contributed by atoms with Crippen LogP contribution in [0.3, 0.4) is 0 Å². The third kappa shape index (κ3) is 3.04. The average molecular weight is 281 g/mol. The Balaban J connectivity index is 2.26. The molecular formula is C15H11N3O3. The first-order chi connectivity index (χ1) is 10.0. The largest absolute Gasteiger partial charge is 0.311 e. The number of rotatable bonds is 3. The van der Waals surface area contributed by atoms with E-state index < -0.39 is 4.92 Å². The van der Waals surface area contributed by atoms with Crippen molar-refractivity contribution in [3.05, 3.63) is 69.8 Å². The fraction of sp³-hybridized carbons (Fsp3) is 0.0667. The lowest BCUT2D eigenvalue weighted by Crippen LogP contribution is -2.26. The van der Waals surface area contributed by atoms with Crippen molar-refractivity contribution in [1.29, 1.82) is 5.26 Å². The van der Waals surface area contributed by atoms with E-state index in [9.17, 15) is 14.9 Å². The summed E-state index contributed by atoms with van der Waals surface area (Å²) in [6.45, 7) is 0. The molecule has 2 aromatic carbocycles. The molecule has 6 nitrogen and oxygen atoms in total. The molecule has 0 saturated heterocycles. The maximum Gasteiger partial charge on any atom is 0.269 e. The van der Waals surface area contributed by atoms with Crippen molar-refractivity contribution in [3.63, 3.8) is 0 Å². The monoisotopic (exact) mass is 281 g/mol. The van der Waals surface area contributed by atoms with E-state index in [1.54, 1.807) is 25.2 Å². The molecule has 1 amide bonds. The van der Waals surface area contributed by atoms with Crippen LogP contribution in [0.15, 0.2) is 48.5 Å². The predicted molar refractivity (Wildman–Crippen MR) is 77.0 cm³/mol. The van der Waals surface area contributed by atoms with E-state index in [1.165, 1.54) is 35.2 Å². The van der Waals surface area contributed by atoms with Gasteiger partial charge in [-0.2, -0.15) is 5.26 Å². The lowest BCUT2D eigenvalue weighted by Gasteiger charge is -2.17. The Labute approximate surface area is 121 Å². The summed E-state index contributed by atoms with van der Waals surface area (Å²) in [4.78, 5) is 23.8. The molecule has 6 heteroatoms. The summed E-state index contributed by atoms with van der Waals surface area (Å²) >= 11 is 0. The number of nitro benzene ring substituents is 1. The van der Waals surface area contributed by atoms with Gasteiger partial charge in [0.1, 0.15) is 0 Å². The minimum absolute atomic E-state index is 0.0360. The van der Waals surface area contributed by atoms with Gasteiger partial charge in [-0.05, 0) is 30.3 Å². The molecule has 0 aromatic heterocycles. The van der Waals surface area contributed by atoms with Crippen molar-refractivity contribution in [2.45, 2.75) is 0 Å². The van der Waals surface area contributed by atoms with Crippen LogP contribution in [-0.2, 0) is 0 Å². The highest BCUT2D eigenvalue weighted by molar-refractivity contribution is 6.05. The third-order valence-corrected chi connectivity index (χ3v) is 2.99. The third-order valence-electron chi connectivity index (χ3n) is 2.99. The zero-order chi connectivity index (χ0) is 15.4. The number of carbonyl (C=O) groups excluding carboxylic acids is 1. The van der Waals surface area contributed by atoms with Crippen LogP contribution in [0.5, 0.6) is 0 Å². The molecule has 0 aliphatic rings. The Bertz CT molecular complexity index is 733. The number of hydrogen-bond donors (Lipinski definition) is 0. The van der Waals surface area contributed by atoms with Gasteiger partial charge in [0, 0.05) is 30.4 Å². The first-order valence-corrected chi connectivity index (χ1v) is 6.05. The SMILES string of the molecule is CN(C(=O)c1cccc(C#N)c1)c1ccc([N+](=O)[O-])cc1. The van der Waals surface area contributed by atoms with Crippen LogP contribution in [0.25, 0.3) is 0 Å². The molecule has 0 spiro atoms. The van der Waals surface area contributed by atoms with Gasteiger partial charge in [0.15, 0.2) is 0 Å². The van der Waals surface area contributed by atoms with Crippen LogP contribution in [-0.4, -0.2) is 17.9 Å². The van der Waals surface area contributed by atoms with E-state index in [2.05, 4.69) is 0 Å². The number of nitrogens with zero attached hydrogens (tertiary/aromatic N) is 3. The normalized spacial score (nSPS) is 9.71. The summed E-state index contributed by atoms with van der Waals surface area (Å²) in [5, 5.41) is 19.4. The Kier molecular flexibility index (Phi) is 3.95. The number of amides is 1. The van der Waals surface area contributed by atoms with Crippen LogP contribution in [0.4, 0.5) is 11.4 Å². The Morgan fingerprint density at radius 1 is 1.24 bits per heavy atom. The van der Waals surface area contributed by atoms with Gasteiger partial charge in [0.05, 0.1) is 16.6 Å². The Hall–Kier alpha value is -3.20. The molecule has 2 aromatic rings. The van der Waals surface area contributed by atoms with Crippen LogP contribution < -0.4 is 4.90 Å². The van der Waals surface area contributed by atoms with Crippen LogP contribution in [0.1, 0.15) is 15.9 Å². The fourth-order valence-corrected chi connectivity index (χ4v) is 1.83. The Morgan fingerprint density at radius 2 is 1.90 bits per heavy atom. The topological polar surface area (TPSA) is 87.2 Å². The number of non-ortho nitro benzene ring substituents is 1. The highest BCUT2D eigenvalue weighted by atomic mass is 16.6. The molecule has 21 heavy (non-hydrogen) atoms. The number of benzene rings is 2. The van der Waals surface area contributed by atoms with E-state index in [0.717, 1.165) is 0 Å². The van der Waals surface area contributed by atoms with Crippen LogP contribution in [0, 0.1) is 21.4 Å². The van der Waals surface area contributed by atoms with E-state index in [1.807, 2.05) is 6.07 Å². The first kappa shape index (κ1) is 14.2. The first-order valence-electron chi connectivity index (χ1n) is 6.05. The quantitative estimate of drug-likeness (QED) is 0.639. The lowest BCUT2D eigenvalue weighted by molar-refractivity contribution is -0.384. The summed E-state index contributed by atoms with van der Waals surface area (Å²) < 4.78 is 0. The zero-order valence-electron chi connectivity index (χ0n) is 11.2. The van der Waals surface area contributed by atoms with Crippen molar-refractivity contribution in [2.75, 3.05) is 11.9 Å². The van der Waals surface area contributed by atoms with E-state index in [4.69, 9.17) is 5.26 Å². The second kappa shape index (κ2) is 5.84. The molecule has 104 valence electrons. The average Bonchev–Trinajstić information content (AvgIpc) is 2.53. The molecule has 0 radical (unpaired) electrons. The fourth-order valence-electron chi connectivity index (χ4n) is 1.83. The van der Waals surface area contributed by atoms with E-state index in [0.29, 0.717) is 16.8 Å². The smallest absolute Gasteiger partial charge is 0.269 e. The molecular weight excluding hydrogens is 270 g/mol. The van der Waals surface area contributed by atoms with Crippen molar-refractivity contribution >= 4 is 17.3 Å². The highest BCUT2D eigenvalue weighted by Crippen LogP contribution is 2.20. The molecule has 0 aliphatic heterocycles. The number of carbonyl (C=O) groups is 1. The van der Waals surface area contributed by atoms with E-state index in [-0.39, 0.29) is 11.6 Å². The van der Waals surface area contributed by atoms with Gasteiger partial charge in [-0.15, -0.1) is 0 Å². The summed E-state index contributed by atoms with van der Waals surface area (Å²) in [6, 6.07) is 14.0. The number of nitro groups is 1. The van der Waals surface area contributed by atoms with Gasteiger partial charge in [-0.1, -0.05) is 6.07 Å². The van der Waals surface area contributed by atoms with Gasteiger partial charge in [0.25, 0.3) is 11.6 Å². The highest BCUT2D eigenvalue weighted by Gasteiger charge is 2.15. The molecule has 0 atom stereocenters.